The van der Waals surface area contributed by atoms with Crippen LogP contribution in [0.2, 0.25) is 0 Å². The number of carbonyl (C=O) groups is 1. The van der Waals surface area contributed by atoms with E-state index in [9.17, 15) is 14.9 Å². The highest BCUT2D eigenvalue weighted by atomic mass is 32.1. The van der Waals surface area contributed by atoms with Gasteiger partial charge in [0.25, 0.3) is 5.91 Å². The van der Waals surface area contributed by atoms with Gasteiger partial charge in [0.05, 0.1) is 18.1 Å². The molecule has 0 bridgehead atoms. The second-order valence-electron chi connectivity index (χ2n) is 5.35. The molecule has 0 spiro atoms. The van der Waals surface area contributed by atoms with Crippen molar-refractivity contribution >= 4 is 22.9 Å². The lowest BCUT2D eigenvalue weighted by Gasteiger charge is -2.23. The van der Waals surface area contributed by atoms with Crippen LogP contribution in [0.15, 0.2) is 35.7 Å². The van der Waals surface area contributed by atoms with Crippen molar-refractivity contribution in [2.75, 3.05) is 27.7 Å². The number of methoxy groups -OCH3 is 1. The monoisotopic (exact) mass is 349 g/mol. The van der Waals surface area contributed by atoms with E-state index in [0.717, 1.165) is 4.88 Å². The maximum absolute atomic E-state index is 12.3. The first-order valence-corrected chi connectivity index (χ1v) is 8.12. The zero-order valence-corrected chi connectivity index (χ0v) is 14.5. The Hall–Kier alpha value is -2.45. The summed E-state index contributed by atoms with van der Waals surface area (Å²) >= 11 is 1.62. The number of hydrogen-bond acceptors (Lipinski definition) is 6. The van der Waals surface area contributed by atoms with E-state index < -0.39 is 4.92 Å². The summed E-state index contributed by atoms with van der Waals surface area (Å²) in [5.74, 6) is -0.231. The van der Waals surface area contributed by atoms with Crippen molar-refractivity contribution in [1.29, 1.82) is 0 Å². The minimum absolute atomic E-state index is 0.0437. The molecule has 0 saturated carbocycles. The lowest BCUT2D eigenvalue weighted by atomic mass is 10.1. The predicted molar refractivity (Wildman–Crippen MR) is 92.7 cm³/mol. The molecule has 0 saturated heterocycles. The van der Waals surface area contributed by atoms with Crippen LogP contribution in [0.4, 0.5) is 5.69 Å². The van der Waals surface area contributed by atoms with Crippen molar-refractivity contribution in [2.45, 2.75) is 6.04 Å². The summed E-state index contributed by atoms with van der Waals surface area (Å²) < 4.78 is 4.94. The molecule has 0 aliphatic heterocycles. The maximum Gasteiger partial charge on any atom is 0.311 e. The van der Waals surface area contributed by atoms with Gasteiger partial charge in [0.15, 0.2) is 5.75 Å². The number of hydrogen-bond donors (Lipinski definition) is 1. The molecule has 24 heavy (non-hydrogen) atoms. The molecular weight excluding hydrogens is 330 g/mol. The van der Waals surface area contributed by atoms with Crippen molar-refractivity contribution in [1.82, 2.24) is 10.2 Å². The number of amides is 1. The molecule has 7 nitrogen and oxygen atoms in total. The molecule has 2 rings (SSSR count). The van der Waals surface area contributed by atoms with Crippen molar-refractivity contribution in [3.63, 3.8) is 0 Å². The summed E-state index contributed by atoms with van der Waals surface area (Å²) in [4.78, 5) is 26.0. The normalized spacial score (nSPS) is 12.0. The Morgan fingerprint density at radius 3 is 2.71 bits per heavy atom. The van der Waals surface area contributed by atoms with E-state index in [1.165, 1.54) is 25.3 Å². The Morgan fingerprint density at radius 2 is 2.17 bits per heavy atom. The quantitative estimate of drug-likeness (QED) is 0.614. The third kappa shape index (κ3) is 4.09. The van der Waals surface area contributed by atoms with Gasteiger partial charge in [-0.1, -0.05) is 6.07 Å². The summed E-state index contributed by atoms with van der Waals surface area (Å²) in [6.45, 7) is 0.409. The Bertz CT molecular complexity index is 716. The molecule has 128 valence electrons. The fraction of sp³-hybridized carbons (Fsp3) is 0.312. The molecule has 8 heteroatoms. The van der Waals surface area contributed by atoms with E-state index in [4.69, 9.17) is 4.74 Å². The number of nitro groups is 1. The number of carbonyl (C=O) groups excluding carboxylic acids is 1. The molecule has 0 aliphatic carbocycles. The molecule has 1 heterocycles. The van der Waals surface area contributed by atoms with E-state index in [0.29, 0.717) is 6.54 Å². The first-order valence-electron chi connectivity index (χ1n) is 7.24. The van der Waals surface area contributed by atoms with Gasteiger partial charge in [-0.05, 0) is 37.7 Å². The molecular formula is C16H19N3O4S. The summed E-state index contributed by atoms with van der Waals surface area (Å²) in [5, 5.41) is 15.9. The van der Waals surface area contributed by atoms with Crippen LogP contribution in [0.25, 0.3) is 0 Å². The largest absolute Gasteiger partial charge is 0.490 e. The highest BCUT2D eigenvalue weighted by molar-refractivity contribution is 7.10. The van der Waals surface area contributed by atoms with Crippen molar-refractivity contribution < 1.29 is 14.5 Å². The SMILES string of the molecule is COc1ccc(C(=O)NC[C@@H](c2cccs2)N(C)C)cc1[N+](=O)[O-]. The average molecular weight is 349 g/mol. The third-order valence-electron chi connectivity index (χ3n) is 3.59. The summed E-state index contributed by atoms with van der Waals surface area (Å²) in [7, 11) is 5.23. The highest BCUT2D eigenvalue weighted by Gasteiger charge is 2.20. The molecule has 1 aromatic heterocycles. The number of nitrogens with one attached hydrogen (secondary N) is 1. The zero-order chi connectivity index (χ0) is 17.7. The van der Waals surface area contributed by atoms with Gasteiger partial charge in [0.2, 0.25) is 0 Å². The number of ether oxygens (including phenoxy) is 1. The van der Waals surface area contributed by atoms with Gasteiger partial charge in [-0.3, -0.25) is 14.9 Å². The minimum Gasteiger partial charge on any atom is -0.490 e. The van der Waals surface area contributed by atoms with Crippen LogP contribution < -0.4 is 10.1 Å². The van der Waals surface area contributed by atoms with Gasteiger partial charge in [0.1, 0.15) is 0 Å². The first kappa shape index (κ1) is 17.9. The van der Waals surface area contributed by atoms with Crippen LogP contribution in [0.5, 0.6) is 5.75 Å². The second kappa shape index (κ2) is 7.89. The van der Waals surface area contributed by atoms with Gasteiger partial charge in [-0.25, -0.2) is 0 Å². The lowest BCUT2D eigenvalue weighted by Crippen LogP contribution is -2.34. The second-order valence-corrected chi connectivity index (χ2v) is 6.33. The van der Waals surface area contributed by atoms with Crippen LogP contribution >= 0.6 is 11.3 Å². The van der Waals surface area contributed by atoms with Gasteiger partial charge in [-0.15, -0.1) is 11.3 Å². The molecule has 1 amide bonds. The molecule has 0 unspecified atom stereocenters. The molecule has 0 aliphatic rings. The molecule has 1 aromatic carbocycles. The van der Waals surface area contributed by atoms with Crippen LogP contribution in [-0.2, 0) is 0 Å². The van der Waals surface area contributed by atoms with E-state index in [1.807, 2.05) is 36.5 Å². The molecule has 2 aromatic rings. The number of nitro benzene ring substituents is 1. The zero-order valence-electron chi connectivity index (χ0n) is 13.7. The Labute approximate surface area is 144 Å². The van der Waals surface area contributed by atoms with E-state index in [2.05, 4.69) is 5.32 Å². The van der Waals surface area contributed by atoms with Crippen molar-refractivity contribution in [3.8, 4) is 5.75 Å². The summed E-state index contributed by atoms with van der Waals surface area (Å²) in [6.07, 6.45) is 0. The van der Waals surface area contributed by atoms with Crippen LogP contribution in [-0.4, -0.2) is 43.5 Å². The van der Waals surface area contributed by atoms with Crippen LogP contribution in [0, 0.1) is 10.1 Å². The molecule has 1 N–H and O–H groups in total. The van der Waals surface area contributed by atoms with Gasteiger partial charge >= 0.3 is 5.69 Å². The van der Waals surface area contributed by atoms with Crippen LogP contribution in [0.1, 0.15) is 21.3 Å². The first-order chi connectivity index (χ1) is 11.4. The van der Waals surface area contributed by atoms with E-state index in [1.54, 1.807) is 11.3 Å². The van der Waals surface area contributed by atoms with Gasteiger partial charge in [-0.2, -0.15) is 0 Å². The number of likely N-dealkylation sites (N-methyl/N-ethyl adjacent to an activating group) is 1. The smallest absolute Gasteiger partial charge is 0.311 e. The predicted octanol–water partition coefficient (Wildman–Crippen LogP) is 2.70. The number of benzene rings is 1. The fourth-order valence-corrected chi connectivity index (χ4v) is 3.21. The minimum atomic E-state index is -0.566. The number of thiophene rings is 1. The number of nitrogens with zero attached hydrogens (tertiary/aromatic N) is 2. The standard InChI is InChI=1S/C16H19N3O4S/c1-18(2)13(15-5-4-8-24-15)10-17-16(20)11-6-7-14(23-3)12(9-11)19(21)22/h4-9,13H,10H2,1-3H3,(H,17,20)/t13-/m0/s1. The molecule has 1 atom stereocenters. The molecule has 0 radical (unpaired) electrons. The summed E-state index contributed by atoms with van der Waals surface area (Å²) in [5.41, 5.74) is -0.00116. The topological polar surface area (TPSA) is 84.7 Å². The van der Waals surface area contributed by atoms with E-state index >= 15 is 0 Å². The van der Waals surface area contributed by atoms with Crippen molar-refractivity contribution in [2.24, 2.45) is 0 Å². The average Bonchev–Trinajstić information content (AvgIpc) is 3.08. The Morgan fingerprint density at radius 1 is 1.42 bits per heavy atom. The van der Waals surface area contributed by atoms with Gasteiger partial charge in [0, 0.05) is 23.1 Å². The van der Waals surface area contributed by atoms with Gasteiger partial charge < -0.3 is 15.0 Å². The highest BCUT2D eigenvalue weighted by Crippen LogP contribution is 2.27. The Balaban J connectivity index is 2.12. The van der Waals surface area contributed by atoms with E-state index in [-0.39, 0.29) is 28.9 Å². The van der Waals surface area contributed by atoms with Crippen LogP contribution in [0.3, 0.4) is 0 Å². The maximum atomic E-state index is 12.3. The fourth-order valence-electron chi connectivity index (χ4n) is 2.28. The van der Waals surface area contributed by atoms with Crippen molar-refractivity contribution in [3.05, 3.63) is 56.3 Å². The number of rotatable bonds is 7. The lowest BCUT2D eigenvalue weighted by molar-refractivity contribution is -0.385. The third-order valence-corrected chi connectivity index (χ3v) is 4.56. The molecule has 0 fully saturated rings. The summed E-state index contributed by atoms with van der Waals surface area (Å²) in [6, 6.07) is 8.18. The Kier molecular flexibility index (Phi) is 5.88.